The van der Waals surface area contributed by atoms with E-state index in [2.05, 4.69) is 36.5 Å². The van der Waals surface area contributed by atoms with Gasteiger partial charge in [0.25, 0.3) is 0 Å². The molecule has 74 valence electrons. The summed E-state index contributed by atoms with van der Waals surface area (Å²) in [6, 6.07) is 9.67. The normalized spacial score (nSPS) is 35.1. The molecule has 1 N–H and O–H groups in total. The Hall–Kier alpha value is -0.820. The van der Waals surface area contributed by atoms with E-state index < -0.39 is 0 Å². The van der Waals surface area contributed by atoms with E-state index in [1.807, 2.05) is 0 Å². The number of fused-ring (bicyclic) bond motifs is 1. The summed E-state index contributed by atoms with van der Waals surface area (Å²) in [6.07, 6.45) is 2.87. The highest BCUT2D eigenvalue weighted by Gasteiger charge is 2.42. The van der Waals surface area contributed by atoms with Crippen LogP contribution in [0.5, 0.6) is 0 Å². The van der Waals surface area contributed by atoms with Crippen LogP contribution in [0.3, 0.4) is 0 Å². The van der Waals surface area contributed by atoms with Crippen LogP contribution in [0.15, 0.2) is 24.3 Å². The van der Waals surface area contributed by atoms with Gasteiger partial charge in [0.2, 0.25) is 0 Å². The molecule has 1 aliphatic heterocycles. The fraction of sp³-hybridized carbons (Fsp3) is 0.538. The van der Waals surface area contributed by atoms with Crippen LogP contribution in [-0.2, 0) is 0 Å². The van der Waals surface area contributed by atoms with Gasteiger partial charge >= 0.3 is 0 Å². The zero-order chi connectivity index (χ0) is 9.54. The maximum atomic E-state index is 3.65. The van der Waals surface area contributed by atoms with Crippen LogP contribution < -0.4 is 5.32 Å². The van der Waals surface area contributed by atoms with E-state index in [4.69, 9.17) is 0 Å². The van der Waals surface area contributed by atoms with Crippen molar-refractivity contribution in [2.75, 3.05) is 6.54 Å². The molecule has 2 aliphatic rings. The third kappa shape index (κ3) is 1.19. The molecule has 1 aliphatic carbocycles. The van der Waals surface area contributed by atoms with Crippen LogP contribution in [0.1, 0.15) is 30.0 Å². The molecule has 0 spiro atoms. The average molecular weight is 187 g/mol. The molecular weight excluding hydrogens is 170 g/mol. The lowest BCUT2D eigenvalue weighted by molar-refractivity contribution is 0.209. The number of hydrogen-bond acceptors (Lipinski definition) is 1. The zero-order valence-electron chi connectivity index (χ0n) is 8.66. The van der Waals surface area contributed by atoms with Crippen LogP contribution >= 0.6 is 0 Å². The van der Waals surface area contributed by atoms with Crippen molar-refractivity contribution in [3.05, 3.63) is 35.4 Å². The van der Waals surface area contributed by atoms with Crippen LogP contribution in [-0.4, -0.2) is 6.54 Å². The standard InChI is InChI=1S/C13H17N/c1-9-2-4-10(5-3-9)13-12-7-6-11(12)8-14-13/h2-5,11-14H,6-8H2,1H3. The Labute approximate surface area is 85.5 Å². The maximum Gasteiger partial charge on any atom is 0.0351 e. The average Bonchev–Trinajstić information content (AvgIpc) is 2.43. The second-order valence-corrected chi connectivity index (χ2v) is 4.80. The lowest BCUT2D eigenvalue weighted by Crippen LogP contribution is -2.25. The Kier molecular flexibility index (Phi) is 1.88. The summed E-state index contributed by atoms with van der Waals surface area (Å²) in [7, 11) is 0. The fourth-order valence-electron chi connectivity index (χ4n) is 2.86. The third-order valence-corrected chi connectivity index (χ3v) is 3.94. The van der Waals surface area contributed by atoms with Gasteiger partial charge in [0.15, 0.2) is 0 Å². The van der Waals surface area contributed by atoms with Crippen molar-refractivity contribution in [1.82, 2.24) is 5.32 Å². The van der Waals surface area contributed by atoms with Crippen LogP contribution in [0.2, 0.25) is 0 Å². The largest absolute Gasteiger partial charge is 0.309 e. The van der Waals surface area contributed by atoms with Crippen molar-refractivity contribution >= 4 is 0 Å². The van der Waals surface area contributed by atoms with Gasteiger partial charge in [-0.1, -0.05) is 29.8 Å². The zero-order valence-corrected chi connectivity index (χ0v) is 8.66. The van der Waals surface area contributed by atoms with Crippen LogP contribution in [0.4, 0.5) is 0 Å². The highest BCUT2D eigenvalue weighted by molar-refractivity contribution is 5.26. The van der Waals surface area contributed by atoms with Crippen molar-refractivity contribution in [3.63, 3.8) is 0 Å². The van der Waals surface area contributed by atoms with E-state index in [0.717, 1.165) is 11.8 Å². The molecule has 0 bridgehead atoms. The molecule has 3 rings (SSSR count). The molecule has 1 heterocycles. The Morgan fingerprint density at radius 2 is 1.93 bits per heavy atom. The quantitative estimate of drug-likeness (QED) is 0.712. The molecule has 3 unspecified atom stereocenters. The van der Waals surface area contributed by atoms with E-state index in [1.165, 1.54) is 30.5 Å². The number of rotatable bonds is 1. The number of benzene rings is 1. The second kappa shape index (κ2) is 3.09. The minimum atomic E-state index is 0.648. The van der Waals surface area contributed by atoms with Gasteiger partial charge in [-0.3, -0.25) is 0 Å². The first kappa shape index (κ1) is 8.49. The highest BCUT2D eigenvalue weighted by Crippen LogP contribution is 2.46. The van der Waals surface area contributed by atoms with Gasteiger partial charge in [-0.15, -0.1) is 0 Å². The van der Waals surface area contributed by atoms with Crippen LogP contribution in [0.25, 0.3) is 0 Å². The minimum Gasteiger partial charge on any atom is -0.309 e. The molecular formula is C13H17N. The Morgan fingerprint density at radius 3 is 2.50 bits per heavy atom. The lowest BCUT2D eigenvalue weighted by Gasteiger charge is -2.33. The first-order valence-corrected chi connectivity index (χ1v) is 5.64. The van der Waals surface area contributed by atoms with Crippen molar-refractivity contribution < 1.29 is 0 Å². The van der Waals surface area contributed by atoms with Crippen LogP contribution in [0, 0.1) is 18.8 Å². The summed E-state index contributed by atoms with van der Waals surface area (Å²) in [5.41, 5.74) is 2.85. The SMILES string of the molecule is Cc1ccc(C2NCC3CCC32)cc1. The Balaban J connectivity index is 1.85. The van der Waals surface area contributed by atoms with Crippen molar-refractivity contribution in [3.8, 4) is 0 Å². The van der Waals surface area contributed by atoms with Crippen molar-refractivity contribution in [2.24, 2.45) is 11.8 Å². The highest BCUT2D eigenvalue weighted by atomic mass is 15.0. The van der Waals surface area contributed by atoms with Gasteiger partial charge in [-0.25, -0.2) is 0 Å². The van der Waals surface area contributed by atoms with Gasteiger partial charge < -0.3 is 5.32 Å². The molecule has 1 saturated carbocycles. The minimum absolute atomic E-state index is 0.648. The third-order valence-electron chi connectivity index (χ3n) is 3.94. The van der Waals surface area contributed by atoms with Crippen molar-refractivity contribution in [1.29, 1.82) is 0 Å². The Bertz CT molecular complexity index is 328. The first-order valence-electron chi connectivity index (χ1n) is 5.64. The van der Waals surface area contributed by atoms with E-state index in [0.29, 0.717) is 6.04 Å². The fourth-order valence-corrected chi connectivity index (χ4v) is 2.86. The topological polar surface area (TPSA) is 12.0 Å². The van der Waals surface area contributed by atoms with Gasteiger partial charge in [0.1, 0.15) is 0 Å². The molecule has 1 heteroatoms. The molecule has 14 heavy (non-hydrogen) atoms. The monoisotopic (exact) mass is 187 g/mol. The van der Waals surface area contributed by atoms with Gasteiger partial charge in [0.05, 0.1) is 0 Å². The second-order valence-electron chi connectivity index (χ2n) is 4.80. The molecule has 3 atom stereocenters. The van der Waals surface area contributed by atoms with Crippen molar-refractivity contribution in [2.45, 2.75) is 25.8 Å². The molecule has 0 aromatic heterocycles. The summed E-state index contributed by atoms with van der Waals surface area (Å²) in [4.78, 5) is 0. The predicted molar refractivity (Wildman–Crippen MR) is 58.1 cm³/mol. The molecule has 1 aromatic rings. The number of nitrogens with one attached hydrogen (secondary N) is 1. The van der Waals surface area contributed by atoms with E-state index in [-0.39, 0.29) is 0 Å². The predicted octanol–water partition coefficient (Wildman–Crippen LogP) is 2.67. The van der Waals surface area contributed by atoms with Gasteiger partial charge in [-0.2, -0.15) is 0 Å². The molecule has 1 aromatic carbocycles. The summed E-state index contributed by atoms with van der Waals surface area (Å²) in [5, 5.41) is 3.65. The number of aryl methyl sites for hydroxylation is 1. The summed E-state index contributed by atoms with van der Waals surface area (Å²) >= 11 is 0. The maximum absolute atomic E-state index is 3.65. The Morgan fingerprint density at radius 1 is 1.14 bits per heavy atom. The molecule has 0 radical (unpaired) electrons. The first-order chi connectivity index (χ1) is 6.84. The molecule has 1 nitrogen and oxygen atoms in total. The summed E-state index contributed by atoms with van der Waals surface area (Å²) in [6.45, 7) is 3.39. The lowest BCUT2D eigenvalue weighted by atomic mass is 9.71. The molecule has 0 amide bonds. The summed E-state index contributed by atoms with van der Waals surface area (Å²) in [5.74, 6) is 1.90. The van der Waals surface area contributed by atoms with E-state index in [9.17, 15) is 0 Å². The summed E-state index contributed by atoms with van der Waals surface area (Å²) < 4.78 is 0. The van der Waals surface area contributed by atoms with Gasteiger partial charge in [-0.05, 0) is 43.7 Å². The molecule has 1 saturated heterocycles. The molecule has 2 fully saturated rings. The van der Waals surface area contributed by atoms with E-state index >= 15 is 0 Å². The smallest absolute Gasteiger partial charge is 0.0351 e. The van der Waals surface area contributed by atoms with Gasteiger partial charge in [0, 0.05) is 6.04 Å². The number of hydrogen-bond donors (Lipinski definition) is 1. The van der Waals surface area contributed by atoms with E-state index in [1.54, 1.807) is 0 Å².